The van der Waals surface area contributed by atoms with Gasteiger partial charge in [-0.25, -0.2) is 0 Å². The highest BCUT2D eigenvalue weighted by Crippen LogP contribution is 2.61. The van der Waals surface area contributed by atoms with E-state index in [1.54, 1.807) is 0 Å². The Bertz CT molecular complexity index is 1800. The molecule has 0 heteroatoms. The van der Waals surface area contributed by atoms with Crippen molar-refractivity contribution in [1.29, 1.82) is 0 Å². The van der Waals surface area contributed by atoms with Gasteiger partial charge in [-0.15, -0.1) is 0 Å². The van der Waals surface area contributed by atoms with Crippen molar-refractivity contribution in [2.75, 3.05) is 0 Å². The van der Waals surface area contributed by atoms with E-state index in [0.717, 1.165) is 6.42 Å². The predicted octanol–water partition coefficient (Wildman–Crippen LogP) is 9.98. The average Bonchev–Trinajstić information content (AvgIpc) is 3.64. The first-order valence-electron chi connectivity index (χ1n) is 13.9. The molecule has 8 rings (SSSR count). The fourth-order valence-corrected chi connectivity index (χ4v) is 7.29. The maximum atomic E-state index is 2.48. The van der Waals surface area contributed by atoms with Gasteiger partial charge in [0.2, 0.25) is 0 Å². The van der Waals surface area contributed by atoms with Crippen LogP contribution in [0.25, 0.3) is 32.7 Å². The van der Waals surface area contributed by atoms with Gasteiger partial charge in [-0.2, -0.15) is 0 Å². The van der Waals surface area contributed by atoms with Crippen molar-refractivity contribution in [2.24, 2.45) is 0 Å². The first-order valence-corrected chi connectivity index (χ1v) is 13.9. The van der Waals surface area contributed by atoms with Gasteiger partial charge in [0.15, 0.2) is 0 Å². The Morgan fingerprint density at radius 3 is 1.36 bits per heavy atom. The molecule has 2 aliphatic rings. The van der Waals surface area contributed by atoms with Crippen LogP contribution in [0.4, 0.5) is 0 Å². The quantitative estimate of drug-likeness (QED) is 0.228. The molecule has 0 saturated carbocycles. The number of hydrogen-bond acceptors (Lipinski definition) is 0. The summed E-state index contributed by atoms with van der Waals surface area (Å²) in [7, 11) is 0. The smallest absolute Gasteiger partial charge is 0.0526 e. The lowest BCUT2D eigenvalue weighted by atomic mass is 9.58. The van der Waals surface area contributed by atoms with Gasteiger partial charge < -0.3 is 0 Å². The van der Waals surface area contributed by atoms with E-state index in [2.05, 4.69) is 152 Å². The Morgan fingerprint density at radius 1 is 0.487 bits per heavy atom. The Hall–Kier alpha value is -4.68. The topological polar surface area (TPSA) is 0 Å². The minimum Gasteiger partial charge on any atom is -0.0804 e. The van der Waals surface area contributed by atoms with E-state index in [-0.39, 0.29) is 11.3 Å². The molecule has 0 spiro atoms. The molecule has 0 nitrogen and oxygen atoms in total. The lowest BCUT2D eigenvalue weighted by molar-refractivity contribution is 0.527. The summed E-state index contributed by atoms with van der Waals surface area (Å²) in [5.41, 5.74) is 9.35. The van der Waals surface area contributed by atoms with Crippen molar-refractivity contribution in [3.05, 3.63) is 180 Å². The molecule has 0 fully saturated rings. The van der Waals surface area contributed by atoms with Crippen molar-refractivity contribution in [3.8, 4) is 11.1 Å². The van der Waals surface area contributed by atoms with E-state index in [9.17, 15) is 0 Å². The molecule has 6 aromatic carbocycles. The van der Waals surface area contributed by atoms with Crippen LogP contribution in [-0.4, -0.2) is 0 Å². The highest BCUT2D eigenvalue weighted by molar-refractivity contribution is 5.98. The number of fused-ring (bicyclic) bond motifs is 5. The third kappa shape index (κ3) is 3.25. The van der Waals surface area contributed by atoms with Crippen molar-refractivity contribution >= 4 is 21.5 Å². The van der Waals surface area contributed by atoms with Crippen LogP contribution < -0.4 is 0 Å². The van der Waals surface area contributed by atoms with Crippen LogP contribution in [0.2, 0.25) is 0 Å². The Labute approximate surface area is 229 Å². The van der Waals surface area contributed by atoms with Crippen molar-refractivity contribution in [3.63, 3.8) is 0 Å². The zero-order valence-corrected chi connectivity index (χ0v) is 21.7. The van der Waals surface area contributed by atoms with Gasteiger partial charge in [0.1, 0.15) is 0 Å². The summed E-state index contributed by atoms with van der Waals surface area (Å²) in [6.07, 6.45) is 7.88. The fourth-order valence-electron chi connectivity index (χ4n) is 7.29. The zero-order valence-electron chi connectivity index (χ0n) is 21.7. The van der Waals surface area contributed by atoms with Crippen molar-refractivity contribution in [1.82, 2.24) is 0 Å². The Balaban J connectivity index is 1.55. The summed E-state index contributed by atoms with van der Waals surface area (Å²) in [4.78, 5) is 0. The highest BCUT2D eigenvalue weighted by atomic mass is 14.5. The van der Waals surface area contributed by atoms with Crippen LogP contribution in [0.1, 0.15) is 34.6 Å². The van der Waals surface area contributed by atoms with Crippen LogP contribution >= 0.6 is 0 Å². The molecule has 0 saturated heterocycles. The third-order valence-corrected chi connectivity index (χ3v) is 8.92. The summed E-state index contributed by atoms with van der Waals surface area (Å²) in [6.45, 7) is 0. The Morgan fingerprint density at radius 2 is 0.923 bits per heavy atom. The molecule has 0 amide bonds. The SMILES string of the molecule is C1=CCC(C(c2ccccc2)(c2ccccc2)C2c3cc4ccccc4cc3-c3cc4ccccc4cc32)=C1. The minimum atomic E-state index is -0.350. The minimum absolute atomic E-state index is 0.132. The van der Waals surface area contributed by atoms with E-state index in [1.807, 2.05) is 0 Å². The van der Waals surface area contributed by atoms with Crippen molar-refractivity contribution < 1.29 is 0 Å². The van der Waals surface area contributed by atoms with Crippen LogP contribution in [0.3, 0.4) is 0 Å². The number of hydrogen-bond donors (Lipinski definition) is 0. The average molecular weight is 497 g/mol. The largest absolute Gasteiger partial charge is 0.0804 e. The van der Waals surface area contributed by atoms with Crippen molar-refractivity contribution in [2.45, 2.75) is 17.8 Å². The third-order valence-electron chi connectivity index (χ3n) is 8.92. The van der Waals surface area contributed by atoms with E-state index in [4.69, 9.17) is 0 Å². The lowest BCUT2D eigenvalue weighted by Gasteiger charge is -2.43. The molecule has 0 N–H and O–H groups in total. The van der Waals surface area contributed by atoms with Crippen LogP contribution in [0.15, 0.2) is 157 Å². The molecule has 0 radical (unpaired) electrons. The van der Waals surface area contributed by atoms with Crippen LogP contribution in [0.5, 0.6) is 0 Å². The molecular weight excluding hydrogens is 468 g/mol. The molecule has 0 aromatic heterocycles. The molecular formula is C39H28. The molecule has 0 heterocycles. The summed E-state index contributed by atoms with van der Waals surface area (Å²) in [5.74, 6) is 0.132. The molecule has 184 valence electrons. The maximum Gasteiger partial charge on any atom is 0.0526 e. The first kappa shape index (κ1) is 22.3. The molecule has 2 aliphatic carbocycles. The summed E-state index contributed by atoms with van der Waals surface area (Å²) in [6, 6.07) is 49.9. The normalized spacial score (nSPS) is 14.5. The van der Waals surface area contributed by atoms with E-state index < -0.39 is 0 Å². The summed E-state index contributed by atoms with van der Waals surface area (Å²) in [5, 5.41) is 5.19. The highest BCUT2D eigenvalue weighted by Gasteiger charge is 2.50. The molecule has 0 aliphatic heterocycles. The van der Waals surface area contributed by atoms with Gasteiger partial charge in [-0.1, -0.05) is 133 Å². The number of rotatable bonds is 4. The fraction of sp³-hybridized carbons (Fsp3) is 0.0769. The van der Waals surface area contributed by atoms with Gasteiger partial charge in [-0.3, -0.25) is 0 Å². The van der Waals surface area contributed by atoms with Crippen LogP contribution in [-0.2, 0) is 5.41 Å². The summed E-state index contributed by atoms with van der Waals surface area (Å²) >= 11 is 0. The summed E-state index contributed by atoms with van der Waals surface area (Å²) < 4.78 is 0. The van der Waals surface area contributed by atoms with E-state index in [0.29, 0.717) is 0 Å². The zero-order chi connectivity index (χ0) is 25.8. The molecule has 0 unspecified atom stereocenters. The predicted molar refractivity (Wildman–Crippen MR) is 164 cm³/mol. The first-order chi connectivity index (χ1) is 19.3. The monoisotopic (exact) mass is 496 g/mol. The Kier molecular flexibility index (Phi) is 4.97. The molecule has 39 heavy (non-hydrogen) atoms. The standard InChI is InChI=1S/C39H28/c1-3-17-31(18-4-1)39(33-21-11-12-22-33,32-19-5-2-6-20-32)38-36-25-29-15-9-7-13-27(29)23-34(36)35-24-28-14-8-10-16-30(28)26-37(35)38/h1-21,23-26,38H,22H2. The van der Waals surface area contributed by atoms with Gasteiger partial charge >= 0.3 is 0 Å². The maximum absolute atomic E-state index is 2.48. The van der Waals surface area contributed by atoms with Gasteiger partial charge in [0.05, 0.1) is 5.41 Å². The molecule has 0 atom stereocenters. The second-order valence-corrected chi connectivity index (χ2v) is 10.9. The number of allylic oxidation sites excluding steroid dienone is 4. The van der Waals surface area contributed by atoms with Gasteiger partial charge in [-0.05, 0) is 85.6 Å². The second-order valence-electron chi connectivity index (χ2n) is 10.9. The van der Waals surface area contributed by atoms with Gasteiger partial charge in [0.25, 0.3) is 0 Å². The van der Waals surface area contributed by atoms with Crippen LogP contribution in [0, 0.1) is 0 Å². The molecule has 6 aromatic rings. The lowest BCUT2D eigenvalue weighted by Crippen LogP contribution is -2.37. The second kappa shape index (κ2) is 8.68. The van der Waals surface area contributed by atoms with E-state index >= 15 is 0 Å². The van der Waals surface area contributed by atoms with E-state index in [1.165, 1.54) is 60.5 Å². The molecule has 0 bridgehead atoms. The number of benzene rings is 6. The van der Waals surface area contributed by atoms with Gasteiger partial charge in [0, 0.05) is 5.92 Å².